The Morgan fingerprint density at radius 3 is 2.64 bits per heavy atom. The fourth-order valence-corrected chi connectivity index (χ4v) is 3.73. The van der Waals surface area contributed by atoms with E-state index in [0.717, 1.165) is 55.7 Å². The number of halogens is 2. The van der Waals surface area contributed by atoms with Crippen LogP contribution in [0.3, 0.4) is 0 Å². The van der Waals surface area contributed by atoms with Gasteiger partial charge in [-0.2, -0.15) is 4.68 Å². The Morgan fingerprint density at radius 1 is 1.28 bits per heavy atom. The van der Waals surface area contributed by atoms with Crippen LogP contribution < -0.4 is 4.90 Å². The first-order valence-corrected chi connectivity index (χ1v) is 9.66. The topological polar surface area (TPSA) is 36.4 Å². The molecule has 8 heteroatoms. The zero-order valence-corrected chi connectivity index (χ0v) is 16.8. The number of aromatic nitrogens is 3. The summed E-state index contributed by atoms with van der Waals surface area (Å²) in [7, 11) is 0. The molecule has 1 aromatic heterocycles. The van der Waals surface area contributed by atoms with E-state index in [1.54, 1.807) is 6.07 Å². The number of rotatable bonds is 5. The lowest BCUT2D eigenvalue weighted by molar-refractivity contribution is -0.930. The minimum Gasteiger partial charge on any atom is -0.370 e. The van der Waals surface area contributed by atoms with Crippen LogP contribution in [0.4, 0.5) is 0 Å². The van der Waals surface area contributed by atoms with Gasteiger partial charge in [0.15, 0.2) is 12.5 Å². The van der Waals surface area contributed by atoms with Crippen LogP contribution in [0.2, 0.25) is 10.0 Å². The molecule has 0 bridgehead atoms. The van der Waals surface area contributed by atoms with Crippen LogP contribution in [0.1, 0.15) is 13.8 Å². The molecule has 1 N–H and O–H groups in total. The predicted octanol–water partition coefficient (Wildman–Crippen LogP) is 2.92. The van der Waals surface area contributed by atoms with Crippen LogP contribution in [0, 0.1) is 10.7 Å². The Hall–Kier alpha value is -0.920. The van der Waals surface area contributed by atoms with E-state index in [0.29, 0.717) is 16.0 Å². The molecule has 0 aliphatic carbocycles. The first-order chi connectivity index (χ1) is 12.0. The fraction of sp³-hybridized carbons (Fsp3) is 0.529. The third kappa shape index (κ3) is 4.44. The quantitative estimate of drug-likeness (QED) is 0.782. The van der Waals surface area contributed by atoms with Gasteiger partial charge in [-0.25, -0.2) is 0 Å². The summed E-state index contributed by atoms with van der Waals surface area (Å²) in [5.74, 6) is 1.25. The molecule has 0 atom stereocenters. The largest absolute Gasteiger partial charge is 0.370 e. The van der Waals surface area contributed by atoms with Crippen molar-refractivity contribution in [2.45, 2.75) is 27.1 Å². The Labute approximate surface area is 163 Å². The molecule has 2 aromatic rings. The SMILES string of the molecule is CC(C)Cn1c(-c2ccc(Cl)cc2Cl)nn(C[NH+]2CCOCC2)c1=S. The maximum Gasteiger partial charge on any atom is 0.203 e. The normalized spacial score (nSPS) is 15.9. The van der Waals surface area contributed by atoms with Crippen LogP contribution in [-0.2, 0) is 18.0 Å². The van der Waals surface area contributed by atoms with Crippen molar-refractivity contribution in [3.63, 3.8) is 0 Å². The van der Waals surface area contributed by atoms with Gasteiger partial charge in [0.1, 0.15) is 13.1 Å². The molecule has 5 nitrogen and oxygen atoms in total. The van der Waals surface area contributed by atoms with Crippen LogP contribution in [0.25, 0.3) is 11.4 Å². The third-order valence-corrected chi connectivity index (χ3v) is 5.19. The zero-order chi connectivity index (χ0) is 18.0. The van der Waals surface area contributed by atoms with E-state index in [1.165, 1.54) is 4.90 Å². The Morgan fingerprint density at radius 2 is 2.00 bits per heavy atom. The minimum atomic E-state index is 0.449. The molecular formula is C17H23Cl2N4OS+. The lowest BCUT2D eigenvalue weighted by Crippen LogP contribution is -3.13. The van der Waals surface area contributed by atoms with Gasteiger partial charge in [0.05, 0.1) is 18.2 Å². The second-order valence-electron chi connectivity index (χ2n) is 6.75. The Bertz CT molecular complexity index is 796. The molecule has 1 fully saturated rings. The van der Waals surface area contributed by atoms with Gasteiger partial charge in [-0.1, -0.05) is 37.0 Å². The van der Waals surface area contributed by atoms with Crippen LogP contribution >= 0.6 is 35.4 Å². The van der Waals surface area contributed by atoms with Crippen molar-refractivity contribution in [2.75, 3.05) is 26.3 Å². The minimum absolute atomic E-state index is 0.449. The van der Waals surface area contributed by atoms with E-state index in [4.69, 9.17) is 45.3 Å². The highest BCUT2D eigenvalue weighted by molar-refractivity contribution is 7.71. The summed E-state index contributed by atoms with van der Waals surface area (Å²) in [6.07, 6.45) is 0. The number of hydrogen-bond donors (Lipinski definition) is 1. The van der Waals surface area contributed by atoms with Gasteiger partial charge in [-0.05, 0) is 36.3 Å². The maximum atomic E-state index is 6.42. The molecule has 0 amide bonds. The van der Waals surface area contributed by atoms with Gasteiger partial charge in [0.2, 0.25) is 4.77 Å². The van der Waals surface area contributed by atoms with Crippen molar-refractivity contribution >= 4 is 35.4 Å². The molecule has 2 heterocycles. The summed E-state index contributed by atoms with van der Waals surface area (Å²) >= 11 is 18.2. The van der Waals surface area contributed by atoms with E-state index in [9.17, 15) is 0 Å². The van der Waals surface area contributed by atoms with Gasteiger partial charge < -0.3 is 9.64 Å². The standard InChI is InChI=1S/C17H22Cl2N4OS/c1-12(2)10-22-16(14-4-3-13(18)9-15(14)19)20-23(17(22)25)11-21-5-7-24-8-6-21/h3-4,9,12H,5-8,10-11H2,1-2H3/p+1. The molecule has 0 radical (unpaired) electrons. The van der Waals surface area contributed by atoms with Crippen molar-refractivity contribution in [2.24, 2.45) is 5.92 Å². The fourth-order valence-electron chi connectivity index (χ4n) is 2.97. The van der Waals surface area contributed by atoms with Crippen LogP contribution in [0.5, 0.6) is 0 Å². The van der Waals surface area contributed by atoms with Crippen LogP contribution in [0.15, 0.2) is 18.2 Å². The average molecular weight is 402 g/mol. The number of nitrogens with one attached hydrogen (secondary N) is 1. The maximum absolute atomic E-state index is 6.42. The number of nitrogens with zero attached hydrogens (tertiary/aromatic N) is 3. The monoisotopic (exact) mass is 401 g/mol. The number of hydrogen-bond acceptors (Lipinski definition) is 3. The third-order valence-electron chi connectivity index (χ3n) is 4.22. The Balaban J connectivity index is 2.00. The summed E-state index contributed by atoms with van der Waals surface area (Å²) < 4.78 is 10.2. The highest BCUT2D eigenvalue weighted by Crippen LogP contribution is 2.30. The molecule has 0 saturated carbocycles. The molecule has 1 aliphatic rings. The molecular weight excluding hydrogens is 379 g/mol. The Kier molecular flexibility index (Phi) is 6.17. The molecule has 0 spiro atoms. The molecule has 1 aliphatic heterocycles. The van der Waals surface area contributed by atoms with E-state index in [-0.39, 0.29) is 0 Å². The molecule has 3 rings (SSSR count). The summed E-state index contributed by atoms with van der Waals surface area (Å²) in [6, 6.07) is 5.48. The first-order valence-electron chi connectivity index (χ1n) is 8.50. The predicted molar refractivity (Wildman–Crippen MR) is 103 cm³/mol. The van der Waals surface area contributed by atoms with Gasteiger partial charge in [0, 0.05) is 17.1 Å². The lowest BCUT2D eigenvalue weighted by Gasteiger charge is -2.23. The van der Waals surface area contributed by atoms with Crippen molar-refractivity contribution in [1.82, 2.24) is 14.3 Å². The van der Waals surface area contributed by atoms with E-state index >= 15 is 0 Å². The summed E-state index contributed by atoms with van der Waals surface area (Å²) in [4.78, 5) is 1.42. The summed E-state index contributed by atoms with van der Waals surface area (Å²) in [5, 5.41) is 6.00. The molecule has 136 valence electrons. The van der Waals surface area contributed by atoms with Crippen molar-refractivity contribution in [3.8, 4) is 11.4 Å². The van der Waals surface area contributed by atoms with Gasteiger partial charge in [-0.3, -0.25) is 4.57 Å². The van der Waals surface area contributed by atoms with E-state index in [2.05, 4.69) is 18.4 Å². The van der Waals surface area contributed by atoms with Crippen LogP contribution in [-0.4, -0.2) is 40.7 Å². The number of quaternary nitrogens is 1. The second-order valence-corrected chi connectivity index (χ2v) is 7.96. The molecule has 25 heavy (non-hydrogen) atoms. The highest BCUT2D eigenvalue weighted by atomic mass is 35.5. The second kappa shape index (κ2) is 8.18. The van der Waals surface area contributed by atoms with Gasteiger partial charge in [-0.15, -0.1) is 5.10 Å². The number of ether oxygens (including phenoxy) is 1. The number of benzene rings is 1. The number of morpholine rings is 1. The lowest BCUT2D eigenvalue weighted by atomic mass is 10.2. The molecule has 0 unspecified atom stereocenters. The zero-order valence-electron chi connectivity index (χ0n) is 14.5. The summed E-state index contributed by atoms with van der Waals surface area (Å²) in [5.41, 5.74) is 0.855. The van der Waals surface area contributed by atoms with Crippen molar-refractivity contribution in [3.05, 3.63) is 33.0 Å². The van der Waals surface area contributed by atoms with E-state index in [1.807, 2.05) is 16.8 Å². The molecule has 1 aromatic carbocycles. The summed E-state index contributed by atoms with van der Waals surface area (Å²) in [6.45, 7) is 9.37. The first kappa shape index (κ1) is 18.9. The van der Waals surface area contributed by atoms with E-state index < -0.39 is 0 Å². The average Bonchev–Trinajstić information content (AvgIpc) is 2.85. The highest BCUT2D eigenvalue weighted by Gasteiger charge is 2.20. The van der Waals surface area contributed by atoms with Crippen molar-refractivity contribution in [1.29, 1.82) is 0 Å². The van der Waals surface area contributed by atoms with Crippen molar-refractivity contribution < 1.29 is 9.64 Å². The van der Waals surface area contributed by atoms with Gasteiger partial charge >= 0.3 is 0 Å². The van der Waals surface area contributed by atoms with Gasteiger partial charge in [0.25, 0.3) is 0 Å². The molecule has 1 saturated heterocycles. The smallest absolute Gasteiger partial charge is 0.203 e.